The molecule has 0 unspecified atom stereocenters. The molecule has 1 aromatic carbocycles. The van der Waals surface area contributed by atoms with Gasteiger partial charge in [-0.3, -0.25) is 4.79 Å². The Labute approximate surface area is 164 Å². The lowest BCUT2D eigenvalue weighted by atomic mass is 9.96. The van der Waals surface area contributed by atoms with Gasteiger partial charge in [0.2, 0.25) is 11.9 Å². The van der Waals surface area contributed by atoms with Crippen LogP contribution in [0.5, 0.6) is 0 Å². The fourth-order valence-electron chi connectivity index (χ4n) is 3.93. The maximum Gasteiger partial charge on any atom is 0.227 e. The van der Waals surface area contributed by atoms with Crippen LogP contribution < -0.4 is 9.80 Å². The zero-order chi connectivity index (χ0) is 18.6. The molecular weight excluding hydrogens is 362 g/mol. The van der Waals surface area contributed by atoms with Crippen LogP contribution in [0, 0.1) is 5.92 Å². The van der Waals surface area contributed by atoms with Crippen molar-refractivity contribution in [2.24, 2.45) is 5.92 Å². The van der Waals surface area contributed by atoms with E-state index in [0.29, 0.717) is 6.54 Å². The number of halogens is 1. The monoisotopic (exact) mass is 385 g/mol. The molecule has 4 rings (SSSR count). The van der Waals surface area contributed by atoms with Crippen LogP contribution in [-0.2, 0) is 4.79 Å². The lowest BCUT2D eigenvalue weighted by molar-refractivity contribution is -0.136. The number of hydrogen-bond donors (Lipinski definition) is 0. The van der Waals surface area contributed by atoms with Crippen molar-refractivity contribution in [3.05, 3.63) is 47.7 Å². The molecule has 2 fully saturated rings. The van der Waals surface area contributed by atoms with Gasteiger partial charge in [0.15, 0.2) is 0 Å². The topological polar surface area (TPSA) is 52.6 Å². The van der Waals surface area contributed by atoms with E-state index in [4.69, 9.17) is 11.6 Å². The van der Waals surface area contributed by atoms with Crippen LogP contribution in [-0.4, -0.2) is 60.0 Å². The molecule has 0 bridgehead atoms. The molecular formula is C20H24ClN5O. The number of amides is 1. The average Bonchev–Trinajstić information content (AvgIpc) is 2.74. The predicted molar refractivity (Wildman–Crippen MR) is 107 cm³/mol. The van der Waals surface area contributed by atoms with Crippen molar-refractivity contribution < 1.29 is 4.79 Å². The summed E-state index contributed by atoms with van der Waals surface area (Å²) in [5, 5.41) is 0.747. The molecule has 27 heavy (non-hydrogen) atoms. The number of piperidine rings is 1. The van der Waals surface area contributed by atoms with Crippen LogP contribution in [0.2, 0.25) is 5.02 Å². The summed E-state index contributed by atoms with van der Waals surface area (Å²) in [6, 6.07) is 9.73. The maximum atomic E-state index is 13.0. The van der Waals surface area contributed by atoms with Crippen molar-refractivity contribution in [1.29, 1.82) is 0 Å². The van der Waals surface area contributed by atoms with Gasteiger partial charge in [-0.05, 0) is 37.1 Å². The molecule has 1 aromatic heterocycles. The van der Waals surface area contributed by atoms with E-state index in [1.807, 2.05) is 29.2 Å². The van der Waals surface area contributed by atoms with Crippen LogP contribution in [0.15, 0.2) is 42.7 Å². The molecule has 3 heterocycles. The number of rotatable bonds is 3. The summed E-state index contributed by atoms with van der Waals surface area (Å²) >= 11 is 6.10. The van der Waals surface area contributed by atoms with Crippen LogP contribution in [0.1, 0.15) is 12.8 Å². The predicted octanol–water partition coefficient (Wildman–Crippen LogP) is 2.70. The zero-order valence-electron chi connectivity index (χ0n) is 15.3. The van der Waals surface area contributed by atoms with Gasteiger partial charge in [0.1, 0.15) is 0 Å². The molecule has 2 saturated heterocycles. The van der Waals surface area contributed by atoms with E-state index in [9.17, 15) is 4.79 Å². The first kappa shape index (κ1) is 18.0. The molecule has 0 aliphatic carbocycles. The first-order valence-corrected chi connectivity index (χ1v) is 9.90. The number of aromatic nitrogens is 2. The highest BCUT2D eigenvalue weighted by molar-refractivity contribution is 6.30. The fraction of sp³-hybridized carbons (Fsp3) is 0.450. The second-order valence-corrected chi connectivity index (χ2v) is 7.56. The third kappa shape index (κ3) is 4.16. The highest BCUT2D eigenvalue weighted by atomic mass is 35.5. The molecule has 7 heteroatoms. The van der Waals surface area contributed by atoms with E-state index in [-0.39, 0.29) is 11.8 Å². The van der Waals surface area contributed by atoms with Crippen LogP contribution in [0.4, 0.5) is 11.6 Å². The molecule has 1 atom stereocenters. The lowest BCUT2D eigenvalue weighted by Gasteiger charge is -2.39. The van der Waals surface area contributed by atoms with Crippen molar-refractivity contribution in [3.63, 3.8) is 0 Å². The molecule has 2 aliphatic heterocycles. The fourth-order valence-corrected chi connectivity index (χ4v) is 4.12. The normalized spacial score (nSPS) is 20.6. The number of anilines is 2. The van der Waals surface area contributed by atoms with Crippen molar-refractivity contribution in [3.8, 4) is 0 Å². The van der Waals surface area contributed by atoms with Gasteiger partial charge in [-0.2, -0.15) is 0 Å². The number of carbonyl (C=O) groups excluding carboxylic acids is 1. The van der Waals surface area contributed by atoms with Gasteiger partial charge in [-0.15, -0.1) is 0 Å². The zero-order valence-corrected chi connectivity index (χ0v) is 16.1. The Morgan fingerprint density at radius 3 is 2.52 bits per heavy atom. The molecule has 0 radical (unpaired) electrons. The molecule has 2 aromatic rings. The average molecular weight is 386 g/mol. The summed E-state index contributed by atoms with van der Waals surface area (Å²) in [6.45, 7) is 4.80. The van der Waals surface area contributed by atoms with Gasteiger partial charge in [0, 0.05) is 62.4 Å². The SMILES string of the molecule is O=C([C@H]1CCCN(c2ncccn2)C1)N1CCN(c2cccc(Cl)c2)CC1. The minimum atomic E-state index is 0.0280. The third-order valence-electron chi connectivity index (χ3n) is 5.37. The van der Waals surface area contributed by atoms with E-state index >= 15 is 0 Å². The second-order valence-electron chi connectivity index (χ2n) is 7.13. The third-order valence-corrected chi connectivity index (χ3v) is 5.61. The number of carbonyl (C=O) groups is 1. The molecule has 2 aliphatic rings. The van der Waals surface area contributed by atoms with Crippen LogP contribution >= 0.6 is 11.6 Å². The molecule has 0 saturated carbocycles. The smallest absolute Gasteiger partial charge is 0.227 e. The number of piperazine rings is 1. The molecule has 142 valence electrons. The Morgan fingerprint density at radius 1 is 1.00 bits per heavy atom. The molecule has 0 N–H and O–H groups in total. The van der Waals surface area contributed by atoms with Crippen molar-refractivity contribution in [2.75, 3.05) is 49.1 Å². The van der Waals surface area contributed by atoms with E-state index in [1.165, 1.54) is 0 Å². The summed E-state index contributed by atoms with van der Waals surface area (Å²) in [5.41, 5.74) is 1.12. The summed E-state index contributed by atoms with van der Waals surface area (Å²) in [4.78, 5) is 28.2. The standard InChI is InChI=1S/C20H24ClN5O/c21-17-5-1-6-18(14-17)24-10-12-25(13-11-24)19(27)16-4-2-9-26(15-16)20-22-7-3-8-23-20/h1,3,5-8,14,16H,2,4,9-13,15H2/t16-/m0/s1. The number of nitrogens with zero attached hydrogens (tertiary/aromatic N) is 5. The highest BCUT2D eigenvalue weighted by Crippen LogP contribution is 2.24. The molecule has 0 spiro atoms. The van der Waals surface area contributed by atoms with Crippen LogP contribution in [0.3, 0.4) is 0 Å². The minimum Gasteiger partial charge on any atom is -0.368 e. The summed E-state index contributed by atoms with van der Waals surface area (Å²) in [6.07, 6.45) is 5.44. The summed E-state index contributed by atoms with van der Waals surface area (Å²) in [5.74, 6) is 1.02. The highest BCUT2D eigenvalue weighted by Gasteiger charge is 2.31. The number of benzene rings is 1. The van der Waals surface area contributed by atoms with Gasteiger partial charge in [0.05, 0.1) is 5.92 Å². The molecule has 6 nitrogen and oxygen atoms in total. The summed E-state index contributed by atoms with van der Waals surface area (Å²) in [7, 11) is 0. The van der Waals surface area contributed by atoms with Gasteiger partial charge in [0.25, 0.3) is 0 Å². The Hall–Kier alpha value is -2.34. The van der Waals surface area contributed by atoms with E-state index in [1.54, 1.807) is 12.4 Å². The van der Waals surface area contributed by atoms with Gasteiger partial charge < -0.3 is 14.7 Å². The summed E-state index contributed by atoms with van der Waals surface area (Å²) < 4.78 is 0. The second kappa shape index (κ2) is 8.13. The first-order valence-electron chi connectivity index (χ1n) is 9.52. The van der Waals surface area contributed by atoms with Gasteiger partial charge >= 0.3 is 0 Å². The van der Waals surface area contributed by atoms with Crippen molar-refractivity contribution in [1.82, 2.24) is 14.9 Å². The van der Waals surface area contributed by atoms with Gasteiger partial charge in [-0.1, -0.05) is 17.7 Å². The quantitative estimate of drug-likeness (QED) is 0.813. The van der Waals surface area contributed by atoms with E-state index in [0.717, 1.165) is 62.2 Å². The number of hydrogen-bond acceptors (Lipinski definition) is 5. The Morgan fingerprint density at radius 2 is 1.78 bits per heavy atom. The molecule has 1 amide bonds. The van der Waals surface area contributed by atoms with Crippen molar-refractivity contribution in [2.45, 2.75) is 12.8 Å². The van der Waals surface area contributed by atoms with Crippen LogP contribution in [0.25, 0.3) is 0 Å². The maximum absolute atomic E-state index is 13.0. The van der Waals surface area contributed by atoms with E-state index < -0.39 is 0 Å². The van der Waals surface area contributed by atoms with E-state index in [2.05, 4.69) is 25.8 Å². The lowest BCUT2D eigenvalue weighted by Crippen LogP contribution is -2.52. The van der Waals surface area contributed by atoms with Gasteiger partial charge in [-0.25, -0.2) is 9.97 Å². The largest absolute Gasteiger partial charge is 0.368 e. The minimum absolute atomic E-state index is 0.0280. The van der Waals surface area contributed by atoms with Crippen molar-refractivity contribution >= 4 is 29.1 Å². The Balaban J connectivity index is 1.35. The Bertz CT molecular complexity index is 779. The first-order chi connectivity index (χ1) is 13.2. The Kier molecular flexibility index (Phi) is 5.43.